The van der Waals surface area contributed by atoms with Crippen LogP contribution in [0.4, 0.5) is 5.82 Å². The fourth-order valence-electron chi connectivity index (χ4n) is 1.59. The zero-order chi connectivity index (χ0) is 12.3. The molecule has 0 spiro atoms. The summed E-state index contributed by atoms with van der Waals surface area (Å²) in [5, 5.41) is 16.0. The van der Waals surface area contributed by atoms with Gasteiger partial charge in [0, 0.05) is 12.2 Å². The molecule has 2 N–H and O–H groups in total. The van der Waals surface area contributed by atoms with Crippen LogP contribution < -0.4 is 5.32 Å². The lowest BCUT2D eigenvalue weighted by molar-refractivity contribution is 0.311. The van der Waals surface area contributed by atoms with Crippen LogP contribution in [-0.2, 0) is 0 Å². The Morgan fingerprint density at radius 2 is 2.18 bits per heavy atom. The topological polar surface area (TPSA) is 75.9 Å². The molecule has 0 unspecified atom stereocenters. The van der Waals surface area contributed by atoms with Gasteiger partial charge in [0.2, 0.25) is 0 Å². The summed E-state index contributed by atoms with van der Waals surface area (Å²) in [5.74, 6) is 1.29. The zero-order valence-corrected chi connectivity index (χ0v) is 9.88. The quantitative estimate of drug-likeness (QED) is 0.812. The fourth-order valence-corrected chi connectivity index (χ4v) is 1.59. The van der Waals surface area contributed by atoms with E-state index in [0.717, 1.165) is 11.4 Å². The Hall–Kier alpha value is -1.95. The van der Waals surface area contributed by atoms with Gasteiger partial charge in [0.1, 0.15) is 5.82 Å². The van der Waals surface area contributed by atoms with E-state index in [2.05, 4.69) is 20.4 Å². The molecule has 0 aliphatic heterocycles. The highest BCUT2D eigenvalue weighted by Crippen LogP contribution is 2.10. The van der Waals surface area contributed by atoms with E-state index < -0.39 is 0 Å². The van der Waals surface area contributed by atoms with E-state index in [-0.39, 0.29) is 6.61 Å². The van der Waals surface area contributed by atoms with Crippen LogP contribution in [0.15, 0.2) is 18.5 Å². The average molecular weight is 233 g/mol. The van der Waals surface area contributed by atoms with Gasteiger partial charge in [-0.3, -0.25) is 4.98 Å². The van der Waals surface area contributed by atoms with Crippen LogP contribution in [0.1, 0.15) is 11.4 Å². The third kappa shape index (κ3) is 2.59. The highest BCUT2D eigenvalue weighted by atomic mass is 16.3. The monoisotopic (exact) mass is 233 g/mol. The lowest BCUT2D eigenvalue weighted by Gasteiger charge is -2.06. The smallest absolute Gasteiger partial charge is 0.174 e. The van der Waals surface area contributed by atoms with Gasteiger partial charge in [-0.25, -0.2) is 9.67 Å². The summed E-state index contributed by atoms with van der Waals surface area (Å²) in [4.78, 5) is 8.47. The number of nitrogens with one attached hydrogen (secondary N) is 1. The van der Waals surface area contributed by atoms with Crippen molar-refractivity contribution in [2.45, 2.75) is 13.8 Å². The molecule has 0 radical (unpaired) electrons. The lowest BCUT2D eigenvalue weighted by Crippen LogP contribution is -2.10. The zero-order valence-electron chi connectivity index (χ0n) is 9.88. The number of hydrogen-bond donors (Lipinski definition) is 2. The van der Waals surface area contributed by atoms with E-state index in [1.54, 1.807) is 17.1 Å². The van der Waals surface area contributed by atoms with E-state index in [1.807, 2.05) is 19.9 Å². The summed E-state index contributed by atoms with van der Waals surface area (Å²) in [6.45, 7) is 4.42. The molecule has 6 nitrogen and oxygen atoms in total. The van der Waals surface area contributed by atoms with Gasteiger partial charge in [-0.2, -0.15) is 5.10 Å². The number of aliphatic hydroxyl groups is 1. The standard InChI is InChI=1S/C11H15N5O/c1-8-5-9(2)16(15-8)11-7-12-6-10(14-11)13-3-4-17/h5-7,17H,3-4H2,1-2H3,(H,13,14). The van der Waals surface area contributed by atoms with E-state index in [1.165, 1.54) is 0 Å². The van der Waals surface area contributed by atoms with Crippen molar-refractivity contribution in [2.75, 3.05) is 18.5 Å². The third-order valence-corrected chi connectivity index (χ3v) is 2.27. The molecule has 2 aromatic rings. The van der Waals surface area contributed by atoms with Gasteiger partial charge < -0.3 is 10.4 Å². The molecule has 2 heterocycles. The van der Waals surface area contributed by atoms with Gasteiger partial charge in [0.25, 0.3) is 0 Å². The van der Waals surface area contributed by atoms with Gasteiger partial charge in [-0.1, -0.05) is 0 Å². The molecule has 17 heavy (non-hydrogen) atoms. The maximum atomic E-state index is 8.73. The van der Waals surface area contributed by atoms with Crippen molar-refractivity contribution in [3.63, 3.8) is 0 Å². The molecule has 0 fully saturated rings. The predicted octanol–water partition coefficient (Wildman–Crippen LogP) is 0.683. The molecule has 6 heteroatoms. The largest absolute Gasteiger partial charge is 0.395 e. The molecule has 0 amide bonds. The number of aryl methyl sites for hydroxylation is 2. The molecule has 0 saturated carbocycles. The molecule has 0 aliphatic carbocycles. The average Bonchev–Trinajstić information content (AvgIpc) is 2.66. The van der Waals surface area contributed by atoms with Crippen LogP contribution in [0.3, 0.4) is 0 Å². The summed E-state index contributed by atoms with van der Waals surface area (Å²) in [7, 11) is 0. The fraction of sp³-hybridized carbons (Fsp3) is 0.364. The van der Waals surface area contributed by atoms with Gasteiger partial charge in [-0.15, -0.1) is 0 Å². The van der Waals surface area contributed by atoms with Gasteiger partial charge >= 0.3 is 0 Å². The summed E-state index contributed by atoms with van der Waals surface area (Å²) in [6.07, 6.45) is 3.27. The summed E-state index contributed by atoms with van der Waals surface area (Å²) in [5.41, 5.74) is 1.95. The lowest BCUT2D eigenvalue weighted by atomic mass is 10.4. The minimum atomic E-state index is 0.0613. The highest BCUT2D eigenvalue weighted by Gasteiger charge is 2.06. The first-order valence-corrected chi connectivity index (χ1v) is 5.41. The van der Waals surface area contributed by atoms with E-state index in [0.29, 0.717) is 18.2 Å². The Kier molecular flexibility index (Phi) is 3.34. The molecule has 2 rings (SSSR count). The molecule has 0 bridgehead atoms. The second-order valence-corrected chi connectivity index (χ2v) is 3.75. The highest BCUT2D eigenvalue weighted by molar-refractivity contribution is 5.36. The summed E-state index contributed by atoms with van der Waals surface area (Å²) < 4.78 is 1.74. The molecule has 0 saturated heterocycles. The van der Waals surface area contributed by atoms with Crippen LogP contribution in [0.5, 0.6) is 0 Å². The molecular weight excluding hydrogens is 218 g/mol. The first kappa shape index (κ1) is 11.5. The minimum absolute atomic E-state index is 0.0613. The third-order valence-electron chi connectivity index (χ3n) is 2.27. The van der Waals surface area contributed by atoms with Crippen LogP contribution in [0.25, 0.3) is 5.82 Å². The number of aromatic nitrogens is 4. The number of nitrogens with zero attached hydrogens (tertiary/aromatic N) is 4. The Balaban J connectivity index is 2.29. The normalized spacial score (nSPS) is 10.5. The molecule has 2 aromatic heterocycles. The van der Waals surface area contributed by atoms with Crippen molar-refractivity contribution >= 4 is 5.82 Å². The molecule has 0 aliphatic rings. The summed E-state index contributed by atoms with van der Waals surface area (Å²) >= 11 is 0. The molecular formula is C11H15N5O. The first-order valence-electron chi connectivity index (χ1n) is 5.41. The van der Waals surface area contributed by atoms with Crippen LogP contribution in [0, 0.1) is 13.8 Å². The van der Waals surface area contributed by atoms with Gasteiger partial charge in [-0.05, 0) is 19.9 Å². The SMILES string of the molecule is Cc1cc(C)n(-c2cncc(NCCO)n2)n1. The number of hydrogen-bond acceptors (Lipinski definition) is 5. The molecule has 90 valence electrons. The second-order valence-electron chi connectivity index (χ2n) is 3.75. The van der Waals surface area contributed by atoms with Crippen molar-refractivity contribution in [3.05, 3.63) is 29.8 Å². The predicted molar refractivity (Wildman–Crippen MR) is 64.2 cm³/mol. The Morgan fingerprint density at radius 3 is 2.82 bits per heavy atom. The summed E-state index contributed by atoms with van der Waals surface area (Å²) in [6, 6.07) is 1.98. The maximum absolute atomic E-state index is 8.73. The first-order chi connectivity index (χ1) is 8.20. The van der Waals surface area contributed by atoms with Crippen molar-refractivity contribution in [2.24, 2.45) is 0 Å². The van der Waals surface area contributed by atoms with Crippen LogP contribution in [-0.4, -0.2) is 38.0 Å². The van der Waals surface area contributed by atoms with Crippen molar-refractivity contribution < 1.29 is 5.11 Å². The maximum Gasteiger partial charge on any atom is 0.174 e. The van der Waals surface area contributed by atoms with Crippen molar-refractivity contribution in [3.8, 4) is 5.82 Å². The second kappa shape index (κ2) is 4.92. The van der Waals surface area contributed by atoms with Crippen molar-refractivity contribution in [1.29, 1.82) is 0 Å². The van der Waals surface area contributed by atoms with E-state index >= 15 is 0 Å². The Bertz CT molecular complexity index is 508. The van der Waals surface area contributed by atoms with Crippen LogP contribution in [0.2, 0.25) is 0 Å². The van der Waals surface area contributed by atoms with Crippen LogP contribution >= 0.6 is 0 Å². The minimum Gasteiger partial charge on any atom is -0.395 e. The van der Waals surface area contributed by atoms with Gasteiger partial charge in [0.05, 0.1) is 24.7 Å². The molecule has 0 atom stereocenters. The van der Waals surface area contributed by atoms with Crippen molar-refractivity contribution in [1.82, 2.24) is 19.7 Å². The molecule has 0 aromatic carbocycles. The van der Waals surface area contributed by atoms with Gasteiger partial charge in [0.15, 0.2) is 5.82 Å². The Labute approximate surface area is 99.3 Å². The number of aliphatic hydroxyl groups excluding tert-OH is 1. The number of rotatable bonds is 4. The number of anilines is 1. The Morgan fingerprint density at radius 1 is 1.35 bits per heavy atom. The van der Waals surface area contributed by atoms with E-state index in [9.17, 15) is 0 Å². The van der Waals surface area contributed by atoms with E-state index in [4.69, 9.17) is 5.11 Å².